The van der Waals surface area contributed by atoms with Gasteiger partial charge in [-0.05, 0) is 18.1 Å². The molecule has 0 radical (unpaired) electrons. The summed E-state index contributed by atoms with van der Waals surface area (Å²) in [6.45, 7) is 1.51. The monoisotopic (exact) mass is 371 g/mol. The molecule has 27 heavy (non-hydrogen) atoms. The Bertz CT molecular complexity index is 795. The number of rotatable bonds is 8. The highest BCUT2D eigenvalue weighted by molar-refractivity contribution is 5.86. The Labute approximate surface area is 156 Å². The maximum Gasteiger partial charge on any atom is 0.310 e. The van der Waals surface area contributed by atoms with Crippen molar-refractivity contribution in [3.05, 3.63) is 70.3 Å². The lowest BCUT2D eigenvalue weighted by molar-refractivity contribution is -0.385. The van der Waals surface area contributed by atoms with E-state index in [2.05, 4.69) is 10.9 Å². The van der Waals surface area contributed by atoms with Crippen molar-refractivity contribution in [2.24, 2.45) is 0 Å². The minimum Gasteiger partial charge on any atom is -0.477 e. The minimum absolute atomic E-state index is 0.0166. The van der Waals surface area contributed by atoms with Gasteiger partial charge in [0.05, 0.1) is 10.8 Å². The Morgan fingerprint density at radius 2 is 1.74 bits per heavy atom. The highest BCUT2D eigenvalue weighted by Crippen LogP contribution is 2.25. The van der Waals surface area contributed by atoms with Crippen molar-refractivity contribution in [3.63, 3.8) is 0 Å². The fourth-order valence-corrected chi connectivity index (χ4v) is 2.55. The van der Waals surface area contributed by atoms with Crippen LogP contribution in [0.2, 0.25) is 0 Å². The summed E-state index contributed by atoms with van der Waals surface area (Å²) in [5, 5.41) is 10.9. The van der Waals surface area contributed by atoms with E-state index in [-0.39, 0.29) is 23.3 Å². The fraction of sp³-hybridized carbons (Fsp3) is 0.263. The predicted octanol–water partition coefficient (Wildman–Crippen LogP) is 2.70. The number of carbonyl (C=O) groups is 2. The lowest BCUT2D eigenvalue weighted by Gasteiger charge is -2.17. The van der Waals surface area contributed by atoms with Gasteiger partial charge in [0.25, 0.3) is 5.91 Å². The third-order valence-corrected chi connectivity index (χ3v) is 3.84. The number of hydrogen-bond donors (Lipinski definition) is 2. The minimum atomic E-state index is -0.621. The molecule has 1 atom stereocenters. The van der Waals surface area contributed by atoms with Gasteiger partial charge in [0.2, 0.25) is 5.91 Å². The van der Waals surface area contributed by atoms with Crippen LogP contribution in [0.1, 0.15) is 31.2 Å². The molecular formula is C19H21N3O5. The quantitative estimate of drug-likeness (QED) is 0.547. The van der Waals surface area contributed by atoms with Gasteiger partial charge in [-0.1, -0.05) is 55.8 Å². The van der Waals surface area contributed by atoms with Crippen LogP contribution in [0.5, 0.6) is 5.75 Å². The van der Waals surface area contributed by atoms with E-state index in [1.165, 1.54) is 18.2 Å². The van der Waals surface area contributed by atoms with Crippen LogP contribution in [0.25, 0.3) is 0 Å². The van der Waals surface area contributed by atoms with Gasteiger partial charge < -0.3 is 4.74 Å². The van der Waals surface area contributed by atoms with Gasteiger partial charge in [0.1, 0.15) is 0 Å². The van der Waals surface area contributed by atoms with Crippen LogP contribution in [0.15, 0.2) is 54.6 Å². The number of nitro groups is 1. The molecule has 0 heterocycles. The standard InChI is InChI=1S/C19H21N3O5/c1-2-8-15(14-9-4-3-5-10-14)19(24)21-20-18(23)13-27-17-12-7-6-11-16(17)22(25)26/h3-7,9-12,15H,2,8,13H2,1H3,(H,20,23)(H,21,24). The molecule has 0 saturated heterocycles. The van der Waals surface area contributed by atoms with E-state index in [1.807, 2.05) is 37.3 Å². The van der Waals surface area contributed by atoms with Gasteiger partial charge in [0, 0.05) is 6.07 Å². The van der Waals surface area contributed by atoms with E-state index in [1.54, 1.807) is 6.07 Å². The SMILES string of the molecule is CCCC(C(=O)NNC(=O)COc1ccccc1[N+](=O)[O-])c1ccccc1. The highest BCUT2D eigenvalue weighted by atomic mass is 16.6. The molecule has 0 saturated carbocycles. The summed E-state index contributed by atoms with van der Waals surface area (Å²) < 4.78 is 5.18. The van der Waals surface area contributed by atoms with E-state index in [0.29, 0.717) is 6.42 Å². The predicted molar refractivity (Wildman–Crippen MR) is 99.0 cm³/mol. The van der Waals surface area contributed by atoms with E-state index in [9.17, 15) is 19.7 Å². The molecule has 0 aromatic heterocycles. The van der Waals surface area contributed by atoms with Crippen molar-refractivity contribution in [1.29, 1.82) is 0 Å². The van der Waals surface area contributed by atoms with E-state index < -0.39 is 17.4 Å². The molecule has 142 valence electrons. The van der Waals surface area contributed by atoms with Crippen LogP contribution in [0, 0.1) is 10.1 Å². The smallest absolute Gasteiger partial charge is 0.310 e. The molecule has 0 spiro atoms. The Morgan fingerprint density at radius 1 is 1.07 bits per heavy atom. The number of nitrogens with one attached hydrogen (secondary N) is 2. The van der Waals surface area contributed by atoms with Gasteiger partial charge in [-0.25, -0.2) is 0 Å². The van der Waals surface area contributed by atoms with Gasteiger partial charge >= 0.3 is 5.69 Å². The second-order valence-electron chi connectivity index (χ2n) is 5.80. The summed E-state index contributed by atoms with van der Waals surface area (Å²) in [7, 11) is 0. The zero-order chi connectivity index (χ0) is 19.6. The molecule has 2 N–H and O–H groups in total. The lowest BCUT2D eigenvalue weighted by Crippen LogP contribution is -2.45. The van der Waals surface area contributed by atoms with Crippen molar-refractivity contribution >= 4 is 17.5 Å². The van der Waals surface area contributed by atoms with Gasteiger partial charge in [-0.3, -0.25) is 30.6 Å². The molecule has 1 unspecified atom stereocenters. The molecule has 0 fully saturated rings. The molecule has 8 heteroatoms. The van der Waals surface area contributed by atoms with Gasteiger partial charge in [-0.2, -0.15) is 0 Å². The first kappa shape index (κ1) is 19.9. The number of nitro benzene ring substituents is 1. The lowest BCUT2D eigenvalue weighted by atomic mass is 9.94. The van der Waals surface area contributed by atoms with E-state index in [4.69, 9.17) is 4.74 Å². The van der Waals surface area contributed by atoms with E-state index >= 15 is 0 Å². The summed E-state index contributed by atoms with van der Waals surface area (Å²) in [6.07, 6.45) is 1.44. The second-order valence-corrected chi connectivity index (χ2v) is 5.80. The number of benzene rings is 2. The number of nitrogens with zero attached hydrogens (tertiary/aromatic N) is 1. The van der Waals surface area contributed by atoms with Crippen LogP contribution in [-0.4, -0.2) is 23.3 Å². The number of hydrazine groups is 1. The van der Waals surface area contributed by atoms with Crippen molar-refractivity contribution in [3.8, 4) is 5.75 Å². The molecule has 8 nitrogen and oxygen atoms in total. The zero-order valence-electron chi connectivity index (χ0n) is 14.9. The van der Waals surface area contributed by atoms with Crippen molar-refractivity contribution < 1.29 is 19.2 Å². The maximum absolute atomic E-state index is 12.4. The number of hydrogen-bond acceptors (Lipinski definition) is 5. The Kier molecular flexibility index (Phi) is 7.30. The first-order chi connectivity index (χ1) is 13.0. The number of carbonyl (C=O) groups excluding carboxylic acids is 2. The summed E-state index contributed by atoms with van der Waals surface area (Å²) in [5.41, 5.74) is 5.29. The Morgan fingerprint density at radius 3 is 2.41 bits per heavy atom. The summed E-state index contributed by atoms with van der Waals surface area (Å²) in [5.74, 6) is -1.35. The summed E-state index contributed by atoms with van der Waals surface area (Å²) >= 11 is 0. The molecular weight excluding hydrogens is 350 g/mol. The fourth-order valence-electron chi connectivity index (χ4n) is 2.55. The van der Waals surface area contributed by atoms with Crippen LogP contribution < -0.4 is 15.6 Å². The van der Waals surface area contributed by atoms with Crippen molar-refractivity contribution in [2.75, 3.05) is 6.61 Å². The first-order valence-corrected chi connectivity index (χ1v) is 8.52. The van der Waals surface area contributed by atoms with Crippen LogP contribution in [-0.2, 0) is 9.59 Å². The van der Waals surface area contributed by atoms with Gasteiger partial charge in [-0.15, -0.1) is 0 Å². The summed E-state index contributed by atoms with van der Waals surface area (Å²) in [6, 6.07) is 15.0. The topological polar surface area (TPSA) is 111 Å². The molecule has 0 aliphatic carbocycles. The number of para-hydroxylation sites is 2. The summed E-state index contributed by atoms with van der Waals surface area (Å²) in [4.78, 5) is 34.6. The zero-order valence-corrected chi connectivity index (χ0v) is 14.9. The molecule has 2 aromatic carbocycles. The maximum atomic E-state index is 12.4. The first-order valence-electron chi connectivity index (χ1n) is 8.52. The molecule has 0 aliphatic rings. The van der Waals surface area contributed by atoms with E-state index in [0.717, 1.165) is 12.0 Å². The van der Waals surface area contributed by atoms with Gasteiger partial charge in [0.15, 0.2) is 12.4 Å². The molecule has 2 amide bonds. The largest absolute Gasteiger partial charge is 0.477 e. The third kappa shape index (κ3) is 5.81. The molecule has 0 bridgehead atoms. The third-order valence-electron chi connectivity index (χ3n) is 3.84. The normalized spacial score (nSPS) is 11.3. The number of amides is 2. The average Bonchev–Trinajstić information content (AvgIpc) is 2.69. The van der Waals surface area contributed by atoms with Crippen LogP contribution in [0.3, 0.4) is 0 Å². The van der Waals surface area contributed by atoms with Crippen molar-refractivity contribution in [1.82, 2.24) is 10.9 Å². The average molecular weight is 371 g/mol. The number of ether oxygens (including phenoxy) is 1. The highest BCUT2D eigenvalue weighted by Gasteiger charge is 2.20. The molecule has 2 rings (SSSR count). The molecule has 2 aromatic rings. The van der Waals surface area contributed by atoms with Crippen LogP contribution in [0.4, 0.5) is 5.69 Å². The Hall–Kier alpha value is -3.42. The van der Waals surface area contributed by atoms with Crippen LogP contribution >= 0.6 is 0 Å². The van der Waals surface area contributed by atoms with Crippen molar-refractivity contribution in [2.45, 2.75) is 25.7 Å². The second kappa shape index (κ2) is 9.91. The Balaban J connectivity index is 1.89. The molecule has 0 aliphatic heterocycles.